The van der Waals surface area contributed by atoms with Crippen LogP contribution in [0.3, 0.4) is 0 Å². The van der Waals surface area contributed by atoms with E-state index in [4.69, 9.17) is 0 Å². The Hall–Kier alpha value is -0.780. The predicted molar refractivity (Wildman–Crippen MR) is 52.7 cm³/mol. The summed E-state index contributed by atoms with van der Waals surface area (Å²) >= 11 is 0. The summed E-state index contributed by atoms with van der Waals surface area (Å²) in [5.41, 5.74) is 1.22. The van der Waals surface area contributed by atoms with Crippen LogP contribution in [0, 0.1) is 32.1 Å². The molecule has 1 rings (SSSR count). The fourth-order valence-corrected chi connectivity index (χ4v) is 0.888. The zero-order valence-electron chi connectivity index (χ0n) is 7.33. The Balaban J connectivity index is 2.25. The van der Waals surface area contributed by atoms with Crippen molar-refractivity contribution in [3.05, 3.63) is 68.0 Å². The molecule has 0 aliphatic rings. The van der Waals surface area contributed by atoms with Gasteiger partial charge in [-0.1, -0.05) is 37.3 Å². The van der Waals surface area contributed by atoms with E-state index in [-0.39, 0.29) is 0 Å². The molecule has 0 atom stereocenters. The normalized spacial score (nSPS) is 10.6. The minimum atomic E-state index is 1.07. The van der Waals surface area contributed by atoms with Crippen LogP contribution < -0.4 is 0 Å². The third-order valence-corrected chi connectivity index (χ3v) is 1.47. The summed E-state index contributed by atoms with van der Waals surface area (Å²) in [4.78, 5) is 0. The molecule has 0 nitrogen and oxygen atoms in total. The fourth-order valence-electron chi connectivity index (χ4n) is 0.888. The van der Waals surface area contributed by atoms with Crippen LogP contribution in [0.25, 0.3) is 0 Å². The Labute approximate surface area is 75.6 Å². The Morgan fingerprint density at radius 1 is 1.25 bits per heavy atom. The molecule has 0 heteroatoms. The Bertz CT molecular complexity index is 199. The summed E-state index contributed by atoms with van der Waals surface area (Å²) in [6.07, 6.45) is 6.07. The van der Waals surface area contributed by atoms with Crippen molar-refractivity contribution >= 4 is 0 Å². The zero-order valence-corrected chi connectivity index (χ0v) is 7.33. The highest BCUT2D eigenvalue weighted by molar-refractivity contribution is 5.29. The topological polar surface area (TPSA) is 0 Å². The fraction of sp³-hybridized carbons (Fsp3) is 0.0833. The lowest BCUT2D eigenvalue weighted by Crippen LogP contribution is -1.89. The van der Waals surface area contributed by atoms with E-state index in [0.29, 0.717) is 0 Å². The summed E-state index contributed by atoms with van der Waals surface area (Å²) in [6.45, 7) is 5.76. The molecule has 0 unspecified atom stereocenters. The lowest BCUT2D eigenvalue weighted by molar-refractivity contribution is 1.20. The number of hydrogen-bond acceptors (Lipinski definition) is 0. The summed E-state index contributed by atoms with van der Waals surface area (Å²) in [5, 5.41) is 0. The van der Waals surface area contributed by atoms with Gasteiger partial charge in [-0.2, -0.15) is 0 Å². The van der Waals surface area contributed by atoms with Crippen LogP contribution in [-0.2, 0) is 0 Å². The molecule has 0 aliphatic heterocycles. The van der Waals surface area contributed by atoms with Gasteiger partial charge in [-0.25, -0.2) is 0 Å². The van der Waals surface area contributed by atoms with Crippen molar-refractivity contribution < 1.29 is 0 Å². The summed E-state index contributed by atoms with van der Waals surface area (Å²) in [6, 6.07) is 10.2. The molecular formula is C12H13. The van der Waals surface area contributed by atoms with Crippen LogP contribution in [-0.4, -0.2) is 0 Å². The molecule has 0 aliphatic carbocycles. The van der Waals surface area contributed by atoms with Crippen molar-refractivity contribution in [2.24, 2.45) is 0 Å². The van der Waals surface area contributed by atoms with Crippen molar-refractivity contribution in [2.45, 2.75) is 6.92 Å². The summed E-state index contributed by atoms with van der Waals surface area (Å²) in [7, 11) is 0. The van der Waals surface area contributed by atoms with Crippen LogP contribution in [0.2, 0.25) is 0 Å². The molecule has 0 amide bonds. The molecule has 0 saturated heterocycles. The zero-order chi connectivity index (χ0) is 8.81. The van der Waals surface area contributed by atoms with Gasteiger partial charge >= 0.3 is 0 Å². The molecule has 0 fully saturated rings. The van der Waals surface area contributed by atoms with Gasteiger partial charge in [0.25, 0.3) is 0 Å². The molecule has 5 radical (unpaired) electrons. The van der Waals surface area contributed by atoms with E-state index in [1.54, 1.807) is 0 Å². The van der Waals surface area contributed by atoms with Crippen molar-refractivity contribution in [3.63, 3.8) is 0 Å². The molecule has 0 spiro atoms. The highest BCUT2D eigenvalue weighted by Crippen LogP contribution is 2.09. The van der Waals surface area contributed by atoms with Crippen molar-refractivity contribution in [3.8, 4) is 0 Å². The first-order valence-electron chi connectivity index (χ1n) is 4.01. The number of hydrogen-bond donors (Lipinski definition) is 0. The monoisotopic (exact) mass is 157 g/mol. The minimum Gasteiger partial charge on any atom is -0.0622 e. The maximum Gasteiger partial charge on any atom is -0.00559 e. The molecule has 61 valence electrons. The van der Waals surface area contributed by atoms with E-state index in [1.165, 1.54) is 5.56 Å². The third-order valence-electron chi connectivity index (χ3n) is 1.47. The first-order chi connectivity index (χ1) is 5.79. The predicted octanol–water partition coefficient (Wildman–Crippen LogP) is 3.08. The first kappa shape index (κ1) is 9.31. The van der Waals surface area contributed by atoms with Gasteiger partial charge in [-0.3, -0.25) is 0 Å². The highest BCUT2D eigenvalue weighted by atomic mass is 14.0. The second-order valence-electron chi connectivity index (χ2n) is 2.78. The Kier molecular flexibility index (Phi) is 3.86. The van der Waals surface area contributed by atoms with Gasteiger partial charge in [-0.05, 0) is 37.7 Å². The number of benzene rings is 1. The summed E-state index contributed by atoms with van der Waals surface area (Å²) < 4.78 is 0. The maximum absolute atomic E-state index is 3.78. The summed E-state index contributed by atoms with van der Waals surface area (Å²) in [5.74, 6) is 1.07. The van der Waals surface area contributed by atoms with Gasteiger partial charge < -0.3 is 0 Å². The maximum atomic E-state index is 3.78. The van der Waals surface area contributed by atoms with Gasteiger partial charge in [0.2, 0.25) is 0 Å². The van der Waals surface area contributed by atoms with E-state index in [0.717, 1.165) is 5.92 Å². The van der Waals surface area contributed by atoms with Crippen molar-refractivity contribution in [1.82, 2.24) is 0 Å². The lowest BCUT2D eigenvalue weighted by Gasteiger charge is -2.02. The Morgan fingerprint density at radius 2 is 1.92 bits per heavy atom. The second-order valence-corrected chi connectivity index (χ2v) is 2.78. The molecule has 0 heterocycles. The molecule has 0 bridgehead atoms. The van der Waals surface area contributed by atoms with E-state index >= 15 is 0 Å². The van der Waals surface area contributed by atoms with Gasteiger partial charge in [0.15, 0.2) is 0 Å². The van der Waals surface area contributed by atoms with Crippen LogP contribution >= 0.6 is 0 Å². The average Bonchev–Trinajstić information content (AvgIpc) is 2.05. The van der Waals surface area contributed by atoms with Gasteiger partial charge in [0.1, 0.15) is 0 Å². The molecule has 0 saturated carbocycles. The number of rotatable bonds is 4. The molecular weight excluding hydrogens is 144 g/mol. The van der Waals surface area contributed by atoms with Crippen LogP contribution in [0.5, 0.6) is 0 Å². The van der Waals surface area contributed by atoms with E-state index < -0.39 is 0 Å². The third kappa shape index (κ3) is 3.56. The second kappa shape index (κ2) is 4.97. The van der Waals surface area contributed by atoms with E-state index in [2.05, 4.69) is 25.5 Å². The first-order valence-corrected chi connectivity index (χ1v) is 4.01. The smallest absolute Gasteiger partial charge is 0.00559 e. The molecule has 0 aromatic heterocycles. The van der Waals surface area contributed by atoms with E-state index in [9.17, 15) is 0 Å². The molecule has 1 aromatic rings. The van der Waals surface area contributed by atoms with Gasteiger partial charge in [0, 0.05) is 0 Å². The average molecular weight is 157 g/mol. The largest absolute Gasteiger partial charge is 0.0622 e. The van der Waals surface area contributed by atoms with Crippen LogP contribution in [0.1, 0.15) is 12.5 Å². The van der Waals surface area contributed by atoms with Gasteiger partial charge in [-0.15, -0.1) is 0 Å². The molecule has 1 aromatic carbocycles. The minimum absolute atomic E-state index is 1.07. The quantitative estimate of drug-likeness (QED) is 0.630. The van der Waals surface area contributed by atoms with Crippen molar-refractivity contribution in [1.29, 1.82) is 0 Å². The highest BCUT2D eigenvalue weighted by Gasteiger charge is 1.96. The Morgan fingerprint density at radius 3 is 2.50 bits per heavy atom. The van der Waals surface area contributed by atoms with E-state index in [1.807, 2.05) is 38.0 Å². The molecule has 12 heavy (non-hydrogen) atoms. The van der Waals surface area contributed by atoms with Crippen LogP contribution in [0.15, 0.2) is 30.3 Å². The van der Waals surface area contributed by atoms with Crippen LogP contribution in [0.4, 0.5) is 0 Å². The molecule has 0 N–H and O–H groups in total. The standard InChI is InChI=1S/C12H13/c1-11(2)7-6-10-12-8-4-3-5-9-12/h3-10H,1H2,2H3. The van der Waals surface area contributed by atoms with Crippen molar-refractivity contribution in [2.75, 3.05) is 0 Å². The lowest BCUT2D eigenvalue weighted by atomic mass is 10.0. The SMILES string of the molecule is [CH2][C](C)[CH][CH][CH]c1ccccc1. The van der Waals surface area contributed by atoms with Gasteiger partial charge in [0.05, 0.1) is 0 Å².